The number of hydrogen-bond donors (Lipinski definition) is 1. The van der Waals surface area contributed by atoms with E-state index in [9.17, 15) is 9.59 Å². The molecule has 0 unspecified atom stereocenters. The zero-order valence-corrected chi connectivity index (χ0v) is 13.4. The van der Waals surface area contributed by atoms with Gasteiger partial charge in [0.05, 0.1) is 0 Å². The van der Waals surface area contributed by atoms with Crippen LogP contribution in [0.3, 0.4) is 0 Å². The molecule has 1 aromatic carbocycles. The molecule has 0 saturated heterocycles. The molecule has 0 spiro atoms. The molecule has 6 nitrogen and oxygen atoms in total. The molecule has 0 aliphatic rings. The van der Waals surface area contributed by atoms with Gasteiger partial charge in [0.1, 0.15) is 18.9 Å². The molecule has 0 aliphatic heterocycles. The average Bonchev–Trinajstić information content (AvgIpc) is 2.51. The van der Waals surface area contributed by atoms with Crippen molar-refractivity contribution < 1.29 is 19.4 Å². The molecule has 0 fully saturated rings. The molecule has 1 amide bonds. The van der Waals surface area contributed by atoms with Gasteiger partial charge in [-0.1, -0.05) is 13.8 Å². The molecule has 0 radical (unpaired) electrons. The van der Waals surface area contributed by atoms with E-state index in [-0.39, 0.29) is 12.5 Å². The number of carbonyl (C=O) groups excluding carboxylic acids is 1. The molecule has 0 aliphatic carbocycles. The van der Waals surface area contributed by atoms with Gasteiger partial charge in [-0.3, -0.25) is 9.59 Å². The van der Waals surface area contributed by atoms with Crippen LogP contribution in [0, 0.1) is 0 Å². The first kappa shape index (κ1) is 18.0. The fourth-order valence-corrected chi connectivity index (χ4v) is 2.02. The predicted molar refractivity (Wildman–Crippen MR) is 84.3 cm³/mol. The van der Waals surface area contributed by atoms with E-state index in [1.165, 1.54) is 11.9 Å². The number of carboxylic acids is 1. The SMILES string of the molecule is CCN(CC)CCOc1ccc(C(=O)N(C)CC(=O)O)cc1. The summed E-state index contributed by atoms with van der Waals surface area (Å²) in [6, 6.07) is 6.75. The second kappa shape index (κ2) is 9.04. The van der Waals surface area contributed by atoms with E-state index < -0.39 is 5.97 Å². The summed E-state index contributed by atoms with van der Waals surface area (Å²) in [5, 5.41) is 8.69. The normalized spacial score (nSPS) is 10.5. The number of carboxylic acid groups (broad SMARTS) is 1. The number of carbonyl (C=O) groups is 2. The Kier molecular flexibility index (Phi) is 7.39. The van der Waals surface area contributed by atoms with Gasteiger partial charge in [0.15, 0.2) is 0 Å². The Morgan fingerprint density at radius 2 is 1.73 bits per heavy atom. The minimum atomic E-state index is -1.03. The summed E-state index contributed by atoms with van der Waals surface area (Å²) in [5.74, 6) is -0.658. The summed E-state index contributed by atoms with van der Waals surface area (Å²) in [4.78, 5) is 26.0. The summed E-state index contributed by atoms with van der Waals surface area (Å²) >= 11 is 0. The van der Waals surface area contributed by atoms with Crippen molar-refractivity contribution in [3.8, 4) is 5.75 Å². The van der Waals surface area contributed by atoms with E-state index in [2.05, 4.69) is 18.7 Å². The van der Waals surface area contributed by atoms with E-state index in [0.717, 1.165) is 19.6 Å². The maximum absolute atomic E-state index is 12.0. The van der Waals surface area contributed by atoms with Gasteiger partial charge in [-0.05, 0) is 37.4 Å². The minimum absolute atomic E-state index is 0.318. The fraction of sp³-hybridized carbons (Fsp3) is 0.500. The molecule has 1 aromatic rings. The van der Waals surface area contributed by atoms with Gasteiger partial charge in [-0.25, -0.2) is 0 Å². The highest BCUT2D eigenvalue weighted by Gasteiger charge is 2.14. The Balaban J connectivity index is 2.52. The topological polar surface area (TPSA) is 70.1 Å². The summed E-state index contributed by atoms with van der Waals surface area (Å²) < 4.78 is 5.64. The van der Waals surface area contributed by atoms with Crippen LogP contribution in [0.1, 0.15) is 24.2 Å². The maximum Gasteiger partial charge on any atom is 0.323 e. The lowest BCUT2D eigenvalue weighted by Crippen LogP contribution is -2.31. The van der Waals surface area contributed by atoms with Gasteiger partial charge >= 0.3 is 5.97 Å². The van der Waals surface area contributed by atoms with Crippen molar-refractivity contribution in [2.75, 3.05) is 39.8 Å². The molecular formula is C16H24N2O4. The van der Waals surface area contributed by atoms with Crippen molar-refractivity contribution in [2.45, 2.75) is 13.8 Å². The van der Waals surface area contributed by atoms with E-state index in [1.807, 2.05) is 0 Å². The molecular weight excluding hydrogens is 284 g/mol. The third-order valence-corrected chi connectivity index (χ3v) is 3.39. The van der Waals surface area contributed by atoms with Crippen LogP contribution in [-0.4, -0.2) is 66.6 Å². The molecule has 0 aromatic heterocycles. The predicted octanol–water partition coefficient (Wildman–Crippen LogP) is 1.56. The molecule has 0 atom stereocenters. The summed E-state index contributed by atoms with van der Waals surface area (Å²) in [7, 11) is 1.46. The Labute approximate surface area is 131 Å². The van der Waals surface area contributed by atoms with E-state index in [4.69, 9.17) is 9.84 Å². The van der Waals surface area contributed by atoms with Crippen LogP contribution >= 0.6 is 0 Å². The summed E-state index contributed by atoms with van der Waals surface area (Å²) in [6.45, 7) is 7.32. The quantitative estimate of drug-likeness (QED) is 0.750. The van der Waals surface area contributed by atoms with Crippen LogP contribution in [0.4, 0.5) is 0 Å². The van der Waals surface area contributed by atoms with Crippen LogP contribution in [0.15, 0.2) is 24.3 Å². The molecule has 1 N–H and O–H groups in total. The Morgan fingerprint density at radius 1 is 1.14 bits per heavy atom. The van der Waals surface area contributed by atoms with Crippen LogP contribution in [-0.2, 0) is 4.79 Å². The van der Waals surface area contributed by atoms with Crippen molar-refractivity contribution in [3.05, 3.63) is 29.8 Å². The zero-order chi connectivity index (χ0) is 16.5. The summed E-state index contributed by atoms with van der Waals surface area (Å²) in [6.07, 6.45) is 0. The Bertz CT molecular complexity index is 483. The monoisotopic (exact) mass is 308 g/mol. The van der Waals surface area contributed by atoms with Gasteiger partial charge in [0.2, 0.25) is 0 Å². The molecule has 122 valence electrons. The lowest BCUT2D eigenvalue weighted by atomic mass is 10.2. The second-order valence-electron chi connectivity index (χ2n) is 4.95. The van der Waals surface area contributed by atoms with Gasteiger partial charge in [0, 0.05) is 19.2 Å². The highest BCUT2D eigenvalue weighted by Crippen LogP contribution is 2.13. The number of ether oxygens (including phenoxy) is 1. The highest BCUT2D eigenvalue weighted by atomic mass is 16.5. The van der Waals surface area contributed by atoms with Crippen LogP contribution in [0.5, 0.6) is 5.75 Å². The minimum Gasteiger partial charge on any atom is -0.492 e. The number of hydrogen-bond acceptors (Lipinski definition) is 4. The Hall–Kier alpha value is -2.08. The lowest BCUT2D eigenvalue weighted by Gasteiger charge is -2.18. The smallest absolute Gasteiger partial charge is 0.323 e. The van der Waals surface area contributed by atoms with Crippen molar-refractivity contribution in [2.24, 2.45) is 0 Å². The van der Waals surface area contributed by atoms with E-state index in [0.29, 0.717) is 17.9 Å². The largest absolute Gasteiger partial charge is 0.492 e. The average molecular weight is 308 g/mol. The Morgan fingerprint density at radius 3 is 2.23 bits per heavy atom. The van der Waals surface area contributed by atoms with Gasteiger partial charge in [-0.15, -0.1) is 0 Å². The number of amides is 1. The van der Waals surface area contributed by atoms with Crippen molar-refractivity contribution in [1.82, 2.24) is 9.80 Å². The highest BCUT2D eigenvalue weighted by molar-refractivity contribution is 5.95. The molecule has 6 heteroatoms. The molecule has 22 heavy (non-hydrogen) atoms. The third kappa shape index (κ3) is 5.73. The number of rotatable bonds is 9. The van der Waals surface area contributed by atoms with Gasteiger partial charge in [0.25, 0.3) is 5.91 Å². The van der Waals surface area contributed by atoms with Gasteiger partial charge in [-0.2, -0.15) is 0 Å². The van der Waals surface area contributed by atoms with Crippen LogP contribution < -0.4 is 4.74 Å². The first-order valence-electron chi connectivity index (χ1n) is 7.40. The van der Waals surface area contributed by atoms with Crippen molar-refractivity contribution in [1.29, 1.82) is 0 Å². The molecule has 0 heterocycles. The molecule has 1 rings (SSSR count). The number of aliphatic carboxylic acids is 1. The third-order valence-electron chi connectivity index (χ3n) is 3.39. The van der Waals surface area contributed by atoms with Crippen LogP contribution in [0.2, 0.25) is 0 Å². The first-order chi connectivity index (χ1) is 10.5. The van der Waals surface area contributed by atoms with Crippen molar-refractivity contribution >= 4 is 11.9 Å². The molecule has 0 saturated carbocycles. The summed E-state index contributed by atoms with van der Waals surface area (Å²) in [5.41, 5.74) is 0.444. The number of benzene rings is 1. The number of likely N-dealkylation sites (N-methyl/N-ethyl adjacent to an activating group) is 2. The van der Waals surface area contributed by atoms with Crippen molar-refractivity contribution in [3.63, 3.8) is 0 Å². The molecule has 0 bridgehead atoms. The van der Waals surface area contributed by atoms with E-state index in [1.54, 1.807) is 24.3 Å². The number of nitrogens with zero attached hydrogens (tertiary/aromatic N) is 2. The fourth-order valence-electron chi connectivity index (χ4n) is 2.02. The zero-order valence-electron chi connectivity index (χ0n) is 13.4. The van der Waals surface area contributed by atoms with E-state index >= 15 is 0 Å². The lowest BCUT2D eigenvalue weighted by molar-refractivity contribution is -0.137. The van der Waals surface area contributed by atoms with Gasteiger partial charge < -0.3 is 19.6 Å². The second-order valence-corrected chi connectivity index (χ2v) is 4.95. The standard InChI is InChI=1S/C16H24N2O4/c1-4-18(5-2)10-11-22-14-8-6-13(7-9-14)16(21)17(3)12-15(19)20/h6-9H,4-5,10-12H2,1-3H3,(H,19,20). The maximum atomic E-state index is 12.0. The van der Waals surface area contributed by atoms with Crippen LogP contribution in [0.25, 0.3) is 0 Å². The first-order valence-corrected chi connectivity index (χ1v) is 7.40.